The van der Waals surface area contributed by atoms with E-state index in [4.69, 9.17) is 21.1 Å². The molecule has 178 valence electrons. The highest BCUT2D eigenvalue weighted by Gasteiger charge is 2.28. The number of esters is 1. The molecule has 1 aliphatic rings. The second kappa shape index (κ2) is 11.0. The Morgan fingerprint density at radius 3 is 2.48 bits per heavy atom. The van der Waals surface area contributed by atoms with E-state index in [1.54, 1.807) is 12.1 Å². The van der Waals surface area contributed by atoms with Gasteiger partial charge in [-0.25, -0.2) is 18.2 Å². The van der Waals surface area contributed by atoms with Crippen LogP contribution in [0.1, 0.15) is 43.0 Å². The lowest BCUT2D eigenvalue weighted by atomic mass is 10.2. The quantitative estimate of drug-likeness (QED) is 0.461. The zero-order chi connectivity index (χ0) is 24.0. The molecule has 0 radical (unpaired) electrons. The van der Waals surface area contributed by atoms with Crippen LogP contribution in [-0.4, -0.2) is 55.9 Å². The number of hydrogen-bond acceptors (Lipinski definition) is 7. The van der Waals surface area contributed by atoms with Crippen molar-refractivity contribution in [3.63, 3.8) is 0 Å². The first kappa shape index (κ1) is 24.9. The Labute approximate surface area is 198 Å². The summed E-state index contributed by atoms with van der Waals surface area (Å²) in [5.41, 5.74) is 0.183. The molecule has 1 N–H and O–H groups in total. The van der Waals surface area contributed by atoms with Crippen LogP contribution in [0.2, 0.25) is 5.15 Å². The number of methoxy groups -OCH3 is 1. The number of aromatic nitrogens is 1. The van der Waals surface area contributed by atoms with Crippen LogP contribution >= 0.6 is 11.6 Å². The molecule has 0 spiro atoms. The maximum absolute atomic E-state index is 13.1. The van der Waals surface area contributed by atoms with E-state index in [2.05, 4.69) is 10.3 Å². The number of amides is 1. The minimum atomic E-state index is -3.79. The zero-order valence-corrected chi connectivity index (χ0v) is 20.0. The fourth-order valence-corrected chi connectivity index (χ4v) is 5.14. The summed E-state index contributed by atoms with van der Waals surface area (Å²) < 4.78 is 38.2. The van der Waals surface area contributed by atoms with Crippen LogP contribution in [0.3, 0.4) is 0 Å². The average molecular weight is 496 g/mol. The second-order valence-electron chi connectivity index (χ2n) is 7.56. The first-order chi connectivity index (χ1) is 15.7. The van der Waals surface area contributed by atoms with Crippen molar-refractivity contribution in [2.24, 2.45) is 0 Å². The summed E-state index contributed by atoms with van der Waals surface area (Å²) in [7, 11) is -2.43. The number of carbonyl (C=O) groups excluding carboxylic acids is 2. The largest absolute Gasteiger partial charge is 0.496 e. The molecule has 1 aromatic carbocycles. The number of benzene rings is 1. The van der Waals surface area contributed by atoms with E-state index < -0.39 is 28.0 Å². The van der Waals surface area contributed by atoms with Crippen molar-refractivity contribution >= 4 is 39.2 Å². The van der Waals surface area contributed by atoms with E-state index in [1.807, 2.05) is 0 Å². The van der Waals surface area contributed by atoms with Crippen molar-refractivity contribution in [1.82, 2.24) is 9.29 Å². The molecule has 1 saturated heterocycles. The molecule has 3 rings (SSSR count). The van der Waals surface area contributed by atoms with Gasteiger partial charge in [0.1, 0.15) is 11.3 Å². The highest BCUT2D eigenvalue weighted by Crippen LogP contribution is 2.27. The zero-order valence-electron chi connectivity index (χ0n) is 18.4. The number of pyridine rings is 1. The Morgan fingerprint density at radius 1 is 1.15 bits per heavy atom. The number of nitrogens with zero attached hydrogens (tertiary/aromatic N) is 2. The van der Waals surface area contributed by atoms with Gasteiger partial charge in [0.15, 0.2) is 11.3 Å². The number of anilines is 1. The van der Waals surface area contributed by atoms with Gasteiger partial charge in [-0.2, -0.15) is 4.31 Å². The predicted octanol–water partition coefficient (Wildman–Crippen LogP) is 3.49. The van der Waals surface area contributed by atoms with Gasteiger partial charge in [0.2, 0.25) is 10.0 Å². The van der Waals surface area contributed by atoms with E-state index in [1.165, 1.54) is 42.7 Å². The van der Waals surface area contributed by atoms with Crippen molar-refractivity contribution in [3.8, 4) is 5.75 Å². The maximum Gasteiger partial charge on any atom is 0.342 e. The lowest BCUT2D eigenvalue weighted by molar-refractivity contribution is -0.123. The summed E-state index contributed by atoms with van der Waals surface area (Å²) in [5, 5.41) is 2.63. The van der Waals surface area contributed by atoms with Gasteiger partial charge in [-0.3, -0.25) is 4.79 Å². The highest BCUT2D eigenvalue weighted by atomic mass is 35.5. The van der Waals surface area contributed by atoms with Crippen molar-refractivity contribution in [2.75, 3.05) is 25.5 Å². The predicted molar refractivity (Wildman–Crippen MR) is 123 cm³/mol. The summed E-state index contributed by atoms with van der Waals surface area (Å²) >= 11 is 5.94. The van der Waals surface area contributed by atoms with Crippen molar-refractivity contribution < 1.29 is 27.5 Å². The molecule has 0 saturated carbocycles. The molecule has 1 unspecified atom stereocenters. The number of ether oxygens (including phenoxy) is 2. The van der Waals surface area contributed by atoms with Crippen LogP contribution in [0.25, 0.3) is 0 Å². The first-order valence-corrected chi connectivity index (χ1v) is 12.4. The average Bonchev–Trinajstić information content (AvgIpc) is 3.10. The molecule has 0 aliphatic carbocycles. The molecule has 33 heavy (non-hydrogen) atoms. The summed E-state index contributed by atoms with van der Waals surface area (Å²) in [6.07, 6.45) is 3.83. The van der Waals surface area contributed by atoms with Gasteiger partial charge in [0, 0.05) is 19.3 Å². The van der Waals surface area contributed by atoms with Crippen molar-refractivity contribution in [3.05, 3.63) is 47.2 Å². The standard InChI is InChI=1S/C22H26ClN3O6S/c1-15(21(27)25-18-8-7-11-24-20(18)23)32-22(28)17-14-16(9-10-19(17)31-2)33(29,30)26-12-5-3-4-6-13-26/h7-11,14-15H,3-6,12-13H2,1-2H3,(H,25,27). The Hall–Kier alpha value is -2.69. The lowest BCUT2D eigenvalue weighted by Crippen LogP contribution is -2.32. The van der Waals surface area contributed by atoms with Gasteiger partial charge >= 0.3 is 5.97 Å². The number of sulfonamides is 1. The smallest absolute Gasteiger partial charge is 0.342 e. The van der Waals surface area contributed by atoms with E-state index >= 15 is 0 Å². The van der Waals surface area contributed by atoms with E-state index in [0.717, 1.165) is 25.7 Å². The van der Waals surface area contributed by atoms with E-state index in [9.17, 15) is 18.0 Å². The van der Waals surface area contributed by atoms with Crippen molar-refractivity contribution in [2.45, 2.75) is 43.6 Å². The minimum absolute atomic E-state index is 0.0311. The molecular formula is C22H26ClN3O6S. The molecule has 2 aromatic rings. The molecule has 2 heterocycles. The minimum Gasteiger partial charge on any atom is -0.496 e. The lowest BCUT2D eigenvalue weighted by Gasteiger charge is -2.21. The molecule has 1 atom stereocenters. The summed E-state index contributed by atoms with van der Waals surface area (Å²) in [4.78, 5) is 29.1. The summed E-state index contributed by atoms with van der Waals surface area (Å²) in [6, 6.07) is 7.18. The van der Waals surface area contributed by atoms with Gasteiger partial charge in [-0.1, -0.05) is 24.4 Å². The molecule has 11 heteroatoms. The van der Waals surface area contributed by atoms with Crippen LogP contribution in [0.5, 0.6) is 5.75 Å². The molecular weight excluding hydrogens is 470 g/mol. The number of carbonyl (C=O) groups is 2. The Balaban J connectivity index is 1.79. The van der Waals surface area contributed by atoms with Gasteiger partial charge in [-0.15, -0.1) is 0 Å². The third-order valence-corrected chi connectivity index (χ3v) is 7.46. The SMILES string of the molecule is COc1ccc(S(=O)(=O)N2CCCCCC2)cc1C(=O)OC(C)C(=O)Nc1cccnc1Cl. The maximum atomic E-state index is 13.1. The number of rotatable bonds is 7. The van der Waals surface area contributed by atoms with Crippen LogP contribution in [0, 0.1) is 0 Å². The van der Waals surface area contributed by atoms with Crippen molar-refractivity contribution in [1.29, 1.82) is 0 Å². The molecule has 9 nitrogen and oxygen atoms in total. The fourth-order valence-electron chi connectivity index (χ4n) is 3.43. The van der Waals surface area contributed by atoms with Crippen LogP contribution in [-0.2, 0) is 19.6 Å². The summed E-state index contributed by atoms with van der Waals surface area (Å²) in [6.45, 7) is 2.26. The normalized spacial score (nSPS) is 15.8. The molecule has 1 aromatic heterocycles. The highest BCUT2D eigenvalue weighted by molar-refractivity contribution is 7.89. The Morgan fingerprint density at radius 2 is 1.85 bits per heavy atom. The number of nitrogens with one attached hydrogen (secondary N) is 1. The third-order valence-electron chi connectivity index (χ3n) is 5.26. The van der Waals surface area contributed by atoms with E-state index in [0.29, 0.717) is 13.1 Å². The van der Waals surface area contributed by atoms with Gasteiger partial charge in [0.25, 0.3) is 5.91 Å². The molecule has 1 amide bonds. The Kier molecular flexibility index (Phi) is 8.28. The second-order valence-corrected chi connectivity index (χ2v) is 9.85. The van der Waals surface area contributed by atoms with Gasteiger partial charge in [0.05, 0.1) is 17.7 Å². The van der Waals surface area contributed by atoms with Crippen LogP contribution in [0.15, 0.2) is 41.4 Å². The molecule has 0 bridgehead atoms. The van der Waals surface area contributed by atoms with Crippen LogP contribution < -0.4 is 10.1 Å². The molecule has 1 fully saturated rings. The topological polar surface area (TPSA) is 115 Å². The van der Waals surface area contributed by atoms with Crippen LogP contribution in [0.4, 0.5) is 5.69 Å². The summed E-state index contributed by atoms with van der Waals surface area (Å²) in [5.74, 6) is -1.37. The first-order valence-electron chi connectivity index (χ1n) is 10.5. The monoisotopic (exact) mass is 495 g/mol. The molecule has 1 aliphatic heterocycles. The number of halogens is 1. The van der Waals surface area contributed by atoms with Gasteiger partial charge in [-0.05, 0) is 50.1 Å². The Bertz CT molecular complexity index is 1120. The fraction of sp³-hybridized carbons (Fsp3) is 0.409. The van der Waals surface area contributed by atoms with E-state index in [-0.39, 0.29) is 27.0 Å². The number of hydrogen-bond donors (Lipinski definition) is 1. The third kappa shape index (κ3) is 6.01. The van der Waals surface area contributed by atoms with Gasteiger partial charge < -0.3 is 14.8 Å².